The molecule has 134 valence electrons. The second kappa shape index (κ2) is 5.43. The summed E-state index contributed by atoms with van der Waals surface area (Å²) < 4.78 is 11.9. The molecule has 2 saturated heterocycles. The molecule has 2 atom stereocenters. The van der Waals surface area contributed by atoms with Crippen LogP contribution in [0.4, 0.5) is 0 Å². The molecule has 4 saturated carbocycles. The van der Waals surface area contributed by atoms with Crippen LogP contribution in [0, 0.1) is 17.3 Å². The number of amides is 1. The number of hydrogen-bond acceptors (Lipinski definition) is 3. The molecule has 24 heavy (non-hydrogen) atoms. The van der Waals surface area contributed by atoms with E-state index in [4.69, 9.17) is 9.47 Å². The summed E-state index contributed by atoms with van der Waals surface area (Å²) in [5.74, 6) is 1.70. The normalized spacial score (nSPS) is 46.0. The van der Waals surface area contributed by atoms with E-state index in [9.17, 15) is 4.79 Å². The number of carbonyl (C=O) groups excluding carboxylic acids is 1. The number of nitrogens with zero attached hydrogens (tertiary/aromatic N) is 1. The van der Waals surface area contributed by atoms with Crippen LogP contribution in [0.15, 0.2) is 0 Å². The van der Waals surface area contributed by atoms with Crippen molar-refractivity contribution in [2.45, 2.75) is 67.9 Å². The van der Waals surface area contributed by atoms with E-state index in [2.05, 4.69) is 20.8 Å². The van der Waals surface area contributed by atoms with Gasteiger partial charge in [-0.2, -0.15) is 0 Å². The van der Waals surface area contributed by atoms with Gasteiger partial charge in [0.25, 0.3) is 0 Å². The molecular formula is C19H28BrNO3. The summed E-state index contributed by atoms with van der Waals surface area (Å²) in [7, 11) is 0. The van der Waals surface area contributed by atoms with Crippen LogP contribution >= 0.6 is 15.9 Å². The van der Waals surface area contributed by atoms with Crippen LogP contribution in [0.1, 0.15) is 57.8 Å². The zero-order valence-corrected chi connectivity index (χ0v) is 16.0. The first-order chi connectivity index (χ1) is 11.5. The van der Waals surface area contributed by atoms with Crippen molar-refractivity contribution in [1.29, 1.82) is 0 Å². The predicted molar refractivity (Wildman–Crippen MR) is 93.8 cm³/mol. The van der Waals surface area contributed by atoms with Crippen LogP contribution in [0.25, 0.3) is 0 Å². The average Bonchev–Trinajstić information content (AvgIpc) is 2.93. The lowest BCUT2D eigenvalue weighted by Gasteiger charge is -2.60. The van der Waals surface area contributed by atoms with Gasteiger partial charge in [0.1, 0.15) is 0 Å². The Morgan fingerprint density at radius 3 is 2.25 bits per heavy atom. The number of alkyl halides is 1. The topological polar surface area (TPSA) is 38.8 Å². The Hall–Kier alpha value is -0.130. The first-order valence-electron chi connectivity index (χ1n) is 9.72. The van der Waals surface area contributed by atoms with E-state index in [1.807, 2.05) is 0 Å². The number of piperidine rings is 1. The van der Waals surface area contributed by atoms with E-state index < -0.39 is 0 Å². The number of carbonyl (C=O) groups is 1. The highest BCUT2D eigenvalue weighted by atomic mass is 79.9. The fourth-order valence-electron chi connectivity index (χ4n) is 6.86. The molecule has 6 rings (SSSR count). The Morgan fingerprint density at radius 1 is 1.04 bits per heavy atom. The molecule has 0 unspecified atom stereocenters. The molecule has 5 heteroatoms. The van der Waals surface area contributed by atoms with Gasteiger partial charge >= 0.3 is 0 Å². The van der Waals surface area contributed by atoms with E-state index in [0.29, 0.717) is 23.4 Å². The summed E-state index contributed by atoms with van der Waals surface area (Å²) in [4.78, 5) is 15.1. The van der Waals surface area contributed by atoms with Crippen molar-refractivity contribution in [3.8, 4) is 0 Å². The zero-order chi connectivity index (χ0) is 16.4. The molecule has 4 nitrogen and oxygen atoms in total. The lowest BCUT2D eigenvalue weighted by atomic mass is 9.48. The van der Waals surface area contributed by atoms with Crippen molar-refractivity contribution < 1.29 is 14.3 Å². The average molecular weight is 398 g/mol. The number of hydrogen-bond donors (Lipinski definition) is 0. The van der Waals surface area contributed by atoms with Gasteiger partial charge in [0, 0.05) is 36.7 Å². The van der Waals surface area contributed by atoms with Gasteiger partial charge in [-0.1, -0.05) is 15.9 Å². The van der Waals surface area contributed by atoms with Crippen LogP contribution in [-0.4, -0.2) is 47.2 Å². The minimum atomic E-state index is -0.378. The summed E-state index contributed by atoms with van der Waals surface area (Å²) in [6, 6.07) is 0. The zero-order valence-electron chi connectivity index (χ0n) is 14.4. The van der Waals surface area contributed by atoms with Gasteiger partial charge in [-0.25, -0.2) is 0 Å². The van der Waals surface area contributed by atoms with E-state index in [1.165, 1.54) is 38.5 Å². The Balaban J connectivity index is 1.24. The third-order valence-electron chi connectivity index (χ3n) is 7.33. The van der Waals surface area contributed by atoms with Crippen LogP contribution < -0.4 is 0 Å². The summed E-state index contributed by atoms with van der Waals surface area (Å²) in [6.07, 6.45) is 10.3. The summed E-state index contributed by atoms with van der Waals surface area (Å²) in [6.45, 7) is 2.99. The summed E-state index contributed by atoms with van der Waals surface area (Å²) in [5, 5.41) is 0. The molecule has 0 aromatic rings. The van der Waals surface area contributed by atoms with E-state index >= 15 is 0 Å². The molecule has 4 aliphatic carbocycles. The molecule has 6 aliphatic rings. The molecule has 0 aromatic heterocycles. The quantitative estimate of drug-likeness (QED) is 0.669. The Labute approximate surface area is 152 Å². The lowest BCUT2D eigenvalue weighted by molar-refractivity contribution is -0.188. The molecule has 0 radical (unpaired) electrons. The van der Waals surface area contributed by atoms with Gasteiger partial charge in [0.15, 0.2) is 5.79 Å². The van der Waals surface area contributed by atoms with Crippen molar-refractivity contribution >= 4 is 21.8 Å². The molecule has 2 heterocycles. The molecule has 1 spiro atoms. The van der Waals surface area contributed by atoms with Crippen LogP contribution in [0.3, 0.4) is 0 Å². The summed E-state index contributed by atoms with van der Waals surface area (Å²) >= 11 is 4.06. The number of rotatable bonds is 2. The smallest absolute Gasteiger partial charge is 0.223 e. The molecule has 0 N–H and O–H groups in total. The fourth-order valence-corrected chi connectivity index (χ4v) is 8.37. The highest BCUT2D eigenvalue weighted by molar-refractivity contribution is 9.10. The molecule has 0 aromatic carbocycles. The Kier molecular flexibility index (Phi) is 3.64. The van der Waals surface area contributed by atoms with Crippen molar-refractivity contribution in [3.05, 3.63) is 0 Å². The largest absolute Gasteiger partial charge is 0.347 e. The van der Waals surface area contributed by atoms with Gasteiger partial charge < -0.3 is 14.4 Å². The van der Waals surface area contributed by atoms with Gasteiger partial charge in [-0.15, -0.1) is 0 Å². The van der Waals surface area contributed by atoms with Crippen LogP contribution in [0.5, 0.6) is 0 Å². The SMILES string of the molecule is O=C(CC12C[C@H]3C[C@@H](CC(Br)(C3)C1)C2)N1CCC2(CC1)OCCO2. The maximum atomic E-state index is 13.0. The minimum absolute atomic E-state index is 0.278. The van der Waals surface area contributed by atoms with Gasteiger partial charge in [0.2, 0.25) is 5.91 Å². The molecule has 1 amide bonds. The molecule has 2 aliphatic heterocycles. The van der Waals surface area contributed by atoms with Crippen LogP contribution in [0.2, 0.25) is 0 Å². The number of halogens is 1. The second-order valence-electron chi connectivity index (χ2n) is 9.28. The van der Waals surface area contributed by atoms with Crippen molar-refractivity contribution in [2.24, 2.45) is 17.3 Å². The Morgan fingerprint density at radius 2 is 1.67 bits per heavy atom. The van der Waals surface area contributed by atoms with E-state index in [-0.39, 0.29) is 11.2 Å². The molecule has 6 fully saturated rings. The second-order valence-corrected chi connectivity index (χ2v) is 11.0. The highest BCUT2D eigenvalue weighted by Crippen LogP contribution is 2.65. The first kappa shape index (κ1) is 16.1. The van der Waals surface area contributed by atoms with Crippen molar-refractivity contribution in [1.82, 2.24) is 4.90 Å². The van der Waals surface area contributed by atoms with Gasteiger partial charge in [0.05, 0.1) is 13.2 Å². The fraction of sp³-hybridized carbons (Fsp3) is 0.947. The van der Waals surface area contributed by atoms with Crippen molar-refractivity contribution in [3.63, 3.8) is 0 Å². The lowest BCUT2D eigenvalue weighted by Crippen LogP contribution is -2.55. The van der Waals surface area contributed by atoms with Gasteiger partial charge in [-0.3, -0.25) is 4.79 Å². The maximum absolute atomic E-state index is 13.0. The van der Waals surface area contributed by atoms with Crippen LogP contribution in [-0.2, 0) is 14.3 Å². The third kappa shape index (κ3) is 2.66. The maximum Gasteiger partial charge on any atom is 0.223 e. The Bertz CT molecular complexity index is 521. The van der Waals surface area contributed by atoms with Gasteiger partial charge in [-0.05, 0) is 55.8 Å². The van der Waals surface area contributed by atoms with E-state index in [1.54, 1.807) is 0 Å². The monoisotopic (exact) mass is 397 g/mol. The summed E-state index contributed by atoms with van der Waals surface area (Å²) in [5.41, 5.74) is 0.278. The predicted octanol–water partition coefficient (Wildman–Crippen LogP) is 3.48. The highest BCUT2D eigenvalue weighted by Gasteiger charge is 2.57. The minimum Gasteiger partial charge on any atom is -0.347 e. The molecule has 4 bridgehead atoms. The van der Waals surface area contributed by atoms with E-state index in [0.717, 1.165) is 44.2 Å². The standard InChI is InChI=1S/C19H28BrNO3/c20-18-10-14-7-15(11-18)9-17(8-14,13-18)12-16(22)21-3-1-19(2-4-21)23-5-6-24-19/h14-15H,1-13H2/t14-,15-,17?,18?/m1/s1. The third-order valence-corrected chi connectivity index (χ3v) is 8.26. The number of ether oxygens (including phenoxy) is 2. The first-order valence-corrected chi connectivity index (χ1v) is 10.5. The molecular weight excluding hydrogens is 370 g/mol. The number of likely N-dealkylation sites (tertiary alicyclic amines) is 1. The van der Waals surface area contributed by atoms with Crippen molar-refractivity contribution in [2.75, 3.05) is 26.3 Å².